The van der Waals surface area contributed by atoms with Gasteiger partial charge in [0.25, 0.3) is 0 Å². The summed E-state index contributed by atoms with van der Waals surface area (Å²) >= 11 is 1.37. The molecule has 1 aromatic heterocycles. The molecule has 0 spiro atoms. The molecule has 1 heterocycles. The molecule has 0 saturated carbocycles. The van der Waals surface area contributed by atoms with Crippen molar-refractivity contribution in [2.75, 3.05) is 0 Å². The predicted molar refractivity (Wildman–Crippen MR) is 59.1 cm³/mol. The van der Waals surface area contributed by atoms with Crippen molar-refractivity contribution < 1.29 is 0 Å². The van der Waals surface area contributed by atoms with Gasteiger partial charge in [0.2, 0.25) is 0 Å². The van der Waals surface area contributed by atoms with Crippen LogP contribution in [0.25, 0.3) is 0 Å². The fourth-order valence-corrected chi connectivity index (χ4v) is 1.92. The molecule has 6 heteroatoms. The number of rotatable bonds is 2. The smallest absolute Gasteiger partial charge is 0.273 e. The lowest BCUT2D eigenvalue weighted by Gasteiger charge is -1.99. The number of aromatic amines is 1. The van der Waals surface area contributed by atoms with Gasteiger partial charge in [-0.25, -0.2) is 9.89 Å². The summed E-state index contributed by atoms with van der Waals surface area (Å²) in [5, 5.41) is 15.5. The van der Waals surface area contributed by atoms with Gasteiger partial charge in [0, 0.05) is 11.9 Å². The molecule has 0 radical (unpaired) electrons. The van der Waals surface area contributed by atoms with Crippen molar-refractivity contribution in [2.45, 2.75) is 10.1 Å². The van der Waals surface area contributed by atoms with E-state index in [0.717, 1.165) is 4.90 Å². The molecular formula is C10H8N4OS. The van der Waals surface area contributed by atoms with Crippen LogP contribution in [0.3, 0.4) is 0 Å². The summed E-state index contributed by atoms with van der Waals surface area (Å²) in [4.78, 5) is 12.1. The van der Waals surface area contributed by atoms with E-state index in [1.165, 1.54) is 16.3 Å². The average Bonchev–Trinajstić information content (AvgIpc) is 2.62. The number of H-pyrrole nitrogens is 1. The number of hydrogen-bond acceptors (Lipinski definition) is 4. The van der Waals surface area contributed by atoms with Crippen LogP contribution in [0.2, 0.25) is 0 Å². The van der Waals surface area contributed by atoms with Crippen LogP contribution in [-0.2, 0) is 7.05 Å². The number of nitrogens with one attached hydrogen (secondary N) is 1. The molecule has 5 nitrogen and oxygen atoms in total. The number of nitriles is 1. The Labute approximate surface area is 95.7 Å². The Morgan fingerprint density at radius 2 is 2.12 bits per heavy atom. The van der Waals surface area contributed by atoms with Crippen molar-refractivity contribution >= 4 is 11.8 Å². The Morgan fingerprint density at radius 1 is 1.44 bits per heavy atom. The van der Waals surface area contributed by atoms with Gasteiger partial charge in [-0.15, -0.1) is 5.10 Å². The van der Waals surface area contributed by atoms with E-state index < -0.39 is 0 Å². The van der Waals surface area contributed by atoms with Crippen LogP contribution in [0.15, 0.2) is 39.1 Å². The maximum atomic E-state index is 11.1. The molecule has 80 valence electrons. The highest BCUT2D eigenvalue weighted by atomic mass is 32.2. The third kappa shape index (κ3) is 1.99. The van der Waals surface area contributed by atoms with Crippen molar-refractivity contribution in [3.63, 3.8) is 0 Å². The molecule has 2 aromatic rings. The van der Waals surface area contributed by atoms with Crippen LogP contribution < -0.4 is 5.69 Å². The van der Waals surface area contributed by atoms with Gasteiger partial charge in [-0.1, -0.05) is 0 Å². The lowest BCUT2D eigenvalue weighted by molar-refractivity contribution is 0.766. The summed E-state index contributed by atoms with van der Waals surface area (Å²) in [6.07, 6.45) is 0. The summed E-state index contributed by atoms with van der Waals surface area (Å²) in [7, 11) is 1.65. The topological polar surface area (TPSA) is 74.5 Å². The largest absolute Gasteiger partial charge is 0.343 e. The van der Waals surface area contributed by atoms with Crippen LogP contribution in [0.5, 0.6) is 0 Å². The lowest BCUT2D eigenvalue weighted by atomic mass is 10.2. The van der Waals surface area contributed by atoms with Gasteiger partial charge < -0.3 is 0 Å². The highest BCUT2D eigenvalue weighted by molar-refractivity contribution is 7.99. The SMILES string of the molecule is Cn1c(Sc2ccc(C#N)cc2)n[nH]c1=O. The molecule has 0 aliphatic carbocycles. The van der Waals surface area contributed by atoms with Crippen LogP contribution in [0.4, 0.5) is 0 Å². The fraction of sp³-hybridized carbons (Fsp3) is 0.100. The molecule has 0 unspecified atom stereocenters. The standard InChI is InChI=1S/C10H8N4OS/c1-14-9(15)12-13-10(14)16-8-4-2-7(6-11)3-5-8/h2-5H,1H3,(H,12,15). The molecule has 0 atom stereocenters. The second kappa shape index (κ2) is 4.24. The van der Waals surface area contributed by atoms with E-state index in [0.29, 0.717) is 10.7 Å². The van der Waals surface area contributed by atoms with E-state index in [1.54, 1.807) is 19.2 Å². The predicted octanol–water partition coefficient (Wildman–Crippen LogP) is 1.13. The second-order valence-corrected chi connectivity index (χ2v) is 4.15. The van der Waals surface area contributed by atoms with Gasteiger partial charge >= 0.3 is 5.69 Å². The number of aromatic nitrogens is 3. The van der Waals surface area contributed by atoms with Crippen LogP contribution in [0.1, 0.15) is 5.56 Å². The number of hydrogen-bond donors (Lipinski definition) is 1. The molecule has 1 aromatic carbocycles. The first-order valence-electron chi connectivity index (χ1n) is 4.50. The lowest BCUT2D eigenvalue weighted by Crippen LogP contribution is -2.12. The van der Waals surface area contributed by atoms with E-state index >= 15 is 0 Å². The summed E-state index contributed by atoms with van der Waals surface area (Å²) in [6, 6.07) is 9.15. The molecule has 0 amide bonds. The molecule has 2 rings (SSSR count). The van der Waals surface area contributed by atoms with Crippen LogP contribution in [0, 0.1) is 11.3 Å². The normalized spacial score (nSPS) is 10.0. The highest BCUT2D eigenvalue weighted by Crippen LogP contribution is 2.24. The van der Waals surface area contributed by atoms with E-state index in [4.69, 9.17) is 5.26 Å². The summed E-state index contributed by atoms with van der Waals surface area (Å²) in [5.41, 5.74) is 0.372. The van der Waals surface area contributed by atoms with E-state index in [-0.39, 0.29) is 5.69 Å². The summed E-state index contributed by atoms with van der Waals surface area (Å²) in [5.74, 6) is 0. The summed E-state index contributed by atoms with van der Waals surface area (Å²) in [6.45, 7) is 0. The van der Waals surface area contributed by atoms with Crippen molar-refractivity contribution in [2.24, 2.45) is 7.05 Å². The quantitative estimate of drug-likeness (QED) is 0.842. The molecule has 0 aliphatic heterocycles. The maximum absolute atomic E-state index is 11.1. The second-order valence-electron chi connectivity index (χ2n) is 3.11. The Hall–Kier alpha value is -2.00. The number of nitrogens with zero attached hydrogens (tertiary/aromatic N) is 3. The molecule has 16 heavy (non-hydrogen) atoms. The molecule has 1 N–H and O–H groups in total. The minimum atomic E-state index is -0.240. The first-order chi connectivity index (χ1) is 7.70. The van der Waals surface area contributed by atoms with Crippen molar-refractivity contribution in [1.82, 2.24) is 14.8 Å². The molecule has 0 bridgehead atoms. The van der Waals surface area contributed by atoms with Gasteiger partial charge in [-0.2, -0.15) is 5.26 Å². The molecular weight excluding hydrogens is 224 g/mol. The zero-order chi connectivity index (χ0) is 11.5. The Balaban J connectivity index is 2.24. The van der Waals surface area contributed by atoms with Gasteiger partial charge in [0.1, 0.15) is 0 Å². The van der Waals surface area contributed by atoms with Crippen molar-refractivity contribution in [3.8, 4) is 6.07 Å². The molecule has 0 fully saturated rings. The zero-order valence-corrected chi connectivity index (χ0v) is 9.28. The fourth-order valence-electron chi connectivity index (χ4n) is 1.13. The Bertz CT molecular complexity index is 591. The van der Waals surface area contributed by atoms with E-state index in [2.05, 4.69) is 10.2 Å². The van der Waals surface area contributed by atoms with Gasteiger partial charge in [0.15, 0.2) is 5.16 Å². The van der Waals surface area contributed by atoms with Gasteiger partial charge in [-0.3, -0.25) is 4.57 Å². The third-order valence-electron chi connectivity index (χ3n) is 2.03. The van der Waals surface area contributed by atoms with Crippen molar-refractivity contribution in [1.29, 1.82) is 5.26 Å². The first-order valence-corrected chi connectivity index (χ1v) is 5.32. The maximum Gasteiger partial charge on any atom is 0.343 e. The first kappa shape index (κ1) is 10.5. The van der Waals surface area contributed by atoms with Crippen LogP contribution in [-0.4, -0.2) is 14.8 Å². The average molecular weight is 232 g/mol. The third-order valence-corrected chi connectivity index (χ3v) is 3.09. The number of benzene rings is 1. The molecule has 0 saturated heterocycles. The van der Waals surface area contributed by atoms with Crippen molar-refractivity contribution in [3.05, 3.63) is 40.3 Å². The van der Waals surface area contributed by atoms with Gasteiger partial charge in [-0.05, 0) is 36.0 Å². The van der Waals surface area contributed by atoms with Gasteiger partial charge in [0.05, 0.1) is 11.6 Å². The monoisotopic (exact) mass is 232 g/mol. The van der Waals surface area contributed by atoms with Crippen LogP contribution >= 0.6 is 11.8 Å². The Kier molecular flexibility index (Phi) is 2.79. The highest BCUT2D eigenvalue weighted by Gasteiger charge is 2.05. The molecule has 0 aliphatic rings. The minimum absolute atomic E-state index is 0.240. The zero-order valence-electron chi connectivity index (χ0n) is 8.47. The Morgan fingerprint density at radius 3 is 2.62 bits per heavy atom. The summed E-state index contributed by atoms with van der Waals surface area (Å²) < 4.78 is 1.43. The van der Waals surface area contributed by atoms with E-state index in [1.807, 2.05) is 18.2 Å². The van der Waals surface area contributed by atoms with E-state index in [9.17, 15) is 4.79 Å². The minimum Gasteiger partial charge on any atom is -0.273 e.